The van der Waals surface area contributed by atoms with Crippen LogP contribution in [0.15, 0.2) is 66.9 Å². The molecule has 2 heterocycles. The lowest BCUT2D eigenvalue weighted by Crippen LogP contribution is -2.30. The van der Waals surface area contributed by atoms with Crippen molar-refractivity contribution >= 4 is 34.7 Å². The molecule has 1 saturated carbocycles. The van der Waals surface area contributed by atoms with Gasteiger partial charge in [0.05, 0.1) is 22.9 Å². The van der Waals surface area contributed by atoms with Crippen LogP contribution in [0.3, 0.4) is 0 Å². The van der Waals surface area contributed by atoms with Gasteiger partial charge in [-0.15, -0.1) is 0 Å². The van der Waals surface area contributed by atoms with Crippen molar-refractivity contribution in [2.75, 3.05) is 24.3 Å². The molecule has 1 fully saturated rings. The first-order valence-electron chi connectivity index (χ1n) is 14.0. The number of aromatic nitrogens is 2. The highest BCUT2D eigenvalue weighted by Gasteiger charge is 2.25. The van der Waals surface area contributed by atoms with Gasteiger partial charge in [0, 0.05) is 49.7 Å². The molecule has 11 nitrogen and oxygen atoms in total. The fourth-order valence-electron chi connectivity index (χ4n) is 5.46. The highest BCUT2D eigenvalue weighted by Crippen LogP contribution is 2.33. The topological polar surface area (TPSA) is 142 Å². The van der Waals surface area contributed by atoms with E-state index in [0.717, 1.165) is 42.8 Å². The Bertz CT molecular complexity index is 1610. The molecule has 4 aromatic rings. The van der Waals surface area contributed by atoms with Crippen molar-refractivity contribution in [3.8, 4) is 11.3 Å². The molecule has 0 radical (unpaired) electrons. The predicted molar refractivity (Wildman–Crippen MR) is 161 cm³/mol. The summed E-state index contributed by atoms with van der Waals surface area (Å²) in [6, 6.07) is 16.4. The Hall–Kier alpha value is -4.93. The number of amides is 1. The molecular weight excluding hydrogens is 536 g/mol. The number of carboxylic acid groups (broad SMARTS) is 1. The van der Waals surface area contributed by atoms with Gasteiger partial charge in [-0.2, -0.15) is 0 Å². The van der Waals surface area contributed by atoms with Crippen molar-refractivity contribution < 1.29 is 19.6 Å². The zero-order chi connectivity index (χ0) is 29.8. The average Bonchev–Trinajstić information content (AvgIpc) is 3.35. The Morgan fingerprint density at radius 3 is 2.50 bits per heavy atom. The highest BCUT2D eigenvalue weighted by atomic mass is 16.6. The van der Waals surface area contributed by atoms with Gasteiger partial charge < -0.3 is 20.6 Å². The number of hydrogen-bond donors (Lipinski definition) is 3. The van der Waals surface area contributed by atoms with Crippen LogP contribution in [-0.2, 0) is 4.79 Å². The van der Waals surface area contributed by atoms with Crippen molar-refractivity contribution in [3.05, 3.63) is 88.1 Å². The van der Waals surface area contributed by atoms with Gasteiger partial charge in [0.25, 0.3) is 11.6 Å². The summed E-state index contributed by atoms with van der Waals surface area (Å²) >= 11 is 0. The normalized spacial score (nSPS) is 14.3. The standard InChI is InChI=1S/C31H34N6O5/c1-35(2)23-15-13-20(14-16-23)28-30(32-22-9-4-3-5-10-22)36-17-7-12-25(29(36)34-28)31(40)33-26(19-27(38)39)21-8-6-11-24(18-21)37(41)42/h6-8,11-18,22,26,32H,3-5,9-10,19H2,1-2H3,(H,33,40)(H,38,39). The van der Waals surface area contributed by atoms with E-state index in [1.807, 2.05) is 53.9 Å². The molecule has 1 atom stereocenters. The molecule has 1 amide bonds. The Labute approximate surface area is 243 Å². The van der Waals surface area contributed by atoms with E-state index < -0.39 is 29.3 Å². The van der Waals surface area contributed by atoms with Crippen molar-refractivity contribution in [2.24, 2.45) is 0 Å². The SMILES string of the molecule is CN(C)c1ccc(-c2nc3c(C(=O)NC(CC(=O)O)c4cccc([N+](=O)[O-])c4)cccn3c2NC2CCCCC2)cc1. The van der Waals surface area contributed by atoms with Crippen LogP contribution in [-0.4, -0.2) is 51.4 Å². The number of fused-ring (bicyclic) bond motifs is 1. The minimum atomic E-state index is -1.15. The number of anilines is 2. The van der Waals surface area contributed by atoms with E-state index in [1.165, 1.54) is 24.6 Å². The first-order valence-corrected chi connectivity index (χ1v) is 14.0. The van der Waals surface area contributed by atoms with Crippen LogP contribution in [0.4, 0.5) is 17.2 Å². The maximum Gasteiger partial charge on any atom is 0.305 e. The molecule has 218 valence electrons. The van der Waals surface area contributed by atoms with Crippen LogP contribution >= 0.6 is 0 Å². The Kier molecular flexibility index (Phi) is 8.37. The van der Waals surface area contributed by atoms with Crippen molar-refractivity contribution in [1.82, 2.24) is 14.7 Å². The average molecular weight is 571 g/mol. The van der Waals surface area contributed by atoms with E-state index in [-0.39, 0.29) is 17.3 Å². The molecular formula is C31H34N6O5. The number of pyridine rings is 1. The van der Waals surface area contributed by atoms with Crippen molar-refractivity contribution in [3.63, 3.8) is 0 Å². The Balaban J connectivity index is 1.55. The number of nitro benzene ring substituents is 1. The number of hydrogen-bond acceptors (Lipinski definition) is 7. The van der Waals surface area contributed by atoms with Gasteiger partial charge in [0.15, 0.2) is 5.65 Å². The van der Waals surface area contributed by atoms with Gasteiger partial charge in [-0.1, -0.05) is 43.5 Å². The molecule has 5 rings (SSSR count). The third-order valence-electron chi connectivity index (χ3n) is 7.67. The number of nitrogens with zero attached hydrogens (tertiary/aromatic N) is 4. The fourth-order valence-corrected chi connectivity index (χ4v) is 5.46. The molecule has 0 spiro atoms. The maximum atomic E-state index is 13.7. The van der Waals surface area contributed by atoms with Gasteiger partial charge in [0.1, 0.15) is 11.5 Å². The van der Waals surface area contributed by atoms with Crippen molar-refractivity contribution in [1.29, 1.82) is 0 Å². The highest BCUT2D eigenvalue weighted by molar-refractivity contribution is 6.01. The molecule has 1 unspecified atom stereocenters. The molecule has 42 heavy (non-hydrogen) atoms. The van der Waals surface area contributed by atoms with Crippen LogP contribution in [0.5, 0.6) is 0 Å². The van der Waals surface area contributed by atoms with E-state index in [9.17, 15) is 24.8 Å². The number of carboxylic acids is 1. The summed E-state index contributed by atoms with van der Waals surface area (Å²) in [6.45, 7) is 0. The van der Waals surface area contributed by atoms with Gasteiger partial charge in [-0.05, 0) is 42.7 Å². The number of aliphatic carboxylic acids is 1. The van der Waals surface area contributed by atoms with Gasteiger partial charge >= 0.3 is 5.97 Å². The number of nitrogens with one attached hydrogen (secondary N) is 2. The first kappa shape index (κ1) is 28.6. The third kappa shape index (κ3) is 6.19. The molecule has 2 aromatic heterocycles. The molecule has 11 heteroatoms. The monoisotopic (exact) mass is 570 g/mol. The third-order valence-corrected chi connectivity index (χ3v) is 7.67. The molecule has 3 N–H and O–H groups in total. The molecule has 1 aliphatic rings. The smallest absolute Gasteiger partial charge is 0.305 e. The lowest BCUT2D eigenvalue weighted by atomic mass is 9.95. The van der Waals surface area contributed by atoms with Crippen LogP contribution in [0.1, 0.15) is 60.5 Å². The van der Waals surface area contributed by atoms with Crippen LogP contribution in [0.2, 0.25) is 0 Å². The fraction of sp³-hybridized carbons (Fsp3) is 0.323. The van der Waals surface area contributed by atoms with Gasteiger partial charge in [0.2, 0.25) is 0 Å². The minimum absolute atomic E-state index is 0.184. The van der Waals surface area contributed by atoms with Crippen LogP contribution < -0.4 is 15.5 Å². The second-order valence-corrected chi connectivity index (χ2v) is 10.8. The molecule has 0 aliphatic heterocycles. The quantitative estimate of drug-likeness (QED) is 0.164. The first-order chi connectivity index (χ1) is 20.2. The maximum absolute atomic E-state index is 13.7. The number of benzene rings is 2. The number of non-ortho nitro benzene ring substituents is 1. The van der Waals surface area contributed by atoms with E-state index in [4.69, 9.17) is 4.98 Å². The number of rotatable bonds is 10. The van der Waals surface area contributed by atoms with Gasteiger partial charge in [-0.25, -0.2) is 4.98 Å². The summed E-state index contributed by atoms with van der Waals surface area (Å²) in [5.74, 6) is -0.875. The van der Waals surface area contributed by atoms with Gasteiger partial charge in [-0.3, -0.25) is 24.1 Å². The Morgan fingerprint density at radius 1 is 1.10 bits per heavy atom. The van der Waals surface area contributed by atoms with Crippen LogP contribution in [0, 0.1) is 10.1 Å². The molecule has 0 saturated heterocycles. The second-order valence-electron chi connectivity index (χ2n) is 10.8. The van der Waals surface area contributed by atoms with E-state index in [0.29, 0.717) is 16.9 Å². The summed E-state index contributed by atoms with van der Waals surface area (Å²) < 4.78 is 1.87. The van der Waals surface area contributed by atoms with E-state index >= 15 is 0 Å². The molecule has 1 aliphatic carbocycles. The number of carbonyl (C=O) groups is 2. The predicted octanol–water partition coefficient (Wildman–Crippen LogP) is 5.67. The summed E-state index contributed by atoms with van der Waals surface area (Å²) in [5.41, 5.74) is 3.50. The number of imidazole rings is 1. The van der Waals surface area contributed by atoms with Crippen molar-refractivity contribution in [2.45, 2.75) is 50.6 Å². The lowest BCUT2D eigenvalue weighted by Gasteiger charge is -2.24. The summed E-state index contributed by atoms with van der Waals surface area (Å²) in [4.78, 5) is 43.1. The molecule has 2 aromatic carbocycles. The minimum Gasteiger partial charge on any atom is -0.481 e. The summed E-state index contributed by atoms with van der Waals surface area (Å²) in [6.07, 6.45) is 7.03. The zero-order valence-electron chi connectivity index (χ0n) is 23.6. The van der Waals surface area contributed by atoms with Crippen LogP contribution in [0.25, 0.3) is 16.9 Å². The number of carbonyl (C=O) groups excluding carboxylic acids is 1. The zero-order valence-corrected chi connectivity index (χ0v) is 23.6. The molecule has 0 bridgehead atoms. The second kappa shape index (κ2) is 12.3. The Morgan fingerprint density at radius 2 is 1.83 bits per heavy atom. The number of nitro groups is 1. The largest absolute Gasteiger partial charge is 0.481 e. The summed E-state index contributed by atoms with van der Waals surface area (Å²) in [5, 5.41) is 27.3. The van der Waals surface area contributed by atoms with E-state index in [2.05, 4.69) is 10.6 Å². The lowest BCUT2D eigenvalue weighted by molar-refractivity contribution is -0.384. The summed E-state index contributed by atoms with van der Waals surface area (Å²) in [7, 11) is 3.96. The van der Waals surface area contributed by atoms with E-state index in [1.54, 1.807) is 18.2 Å².